The Kier molecular flexibility index (Phi) is 4.62. The number of nitrogens with zero attached hydrogens (tertiary/aromatic N) is 1. The highest BCUT2D eigenvalue weighted by atomic mass is 16.5. The van der Waals surface area contributed by atoms with Crippen molar-refractivity contribution < 1.29 is 4.74 Å². The fourth-order valence-corrected chi connectivity index (χ4v) is 2.38. The molecule has 0 saturated heterocycles. The first-order valence-corrected chi connectivity index (χ1v) is 6.99. The molecule has 0 aliphatic heterocycles. The lowest BCUT2D eigenvalue weighted by atomic mass is 10.0. The quantitative estimate of drug-likeness (QED) is 0.931. The van der Waals surface area contributed by atoms with E-state index in [4.69, 9.17) is 15.7 Å². The van der Waals surface area contributed by atoms with E-state index in [1.165, 1.54) is 5.56 Å². The molecule has 2 aromatic rings. The summed E-state index contributed by atoms with van der Waals surface area (Å²) < 4.78 is 6.12. The Labute approximate surface area is 126 Å². The van der Waals surface area contributed by atoms with Gasteiger partial charge in [-0.05, 0) is 49.6 Å². The molecule has 2 rings (SSSR count). The molecule has 3 nitrogen and oxygen atoms in total. The van der Waals surface area contributed by atoms with Crippen LogP contribution in [0.25, 0.3) is 0 Å². The number of nitriles is 1. The first-order chi connectivity index (χ1) is 10.0. The number of nitrogens with two attached hydrogens (primary N) is 1. The van der Waals surface area contributed by atoms with Crippen molar-refractivity contribution in [1.29, 1.82) is 5.26 Å². The summed E-state index contributed by atoms with van der Waals surface area (Å²) in [6.45, 7) is 6.36. The van der Waals surface area contributed by atoms with Gasteiger partial charge in [0.25, 0.3) is 0 Å². The second-order valence-electron chi connectivity index (χ2n) is 5.30. The third-order valence-corrected chi connectivity index (χ3v) is 3.51. The molecule has 1 unspecified atom stereocenters. The lowest BCUT2D eigenvalue weighted by Crippen LogP contribution is -2.19. The SMILES string of the molecule is Cc1ccc(C(CN)Oc2c(C)cc(C#N)cc2C)cc1. The molecule has 0 saturated carbocycles. The van der Waals surface area contributed by atoms with Crippen LogP contribution in [0.1, 0.15) is 33.9 Å². The first kappa shape index (κ1) is 15.1. The van der Waals surface area contributed by atoms with Crippen LogP contribution in [0.4, 0.5) is 0 Å². The van der Waals surface area contributed by atoms with Crippen LogP contribution in [-0.2, 0) is 0 Å². The first-order valence-electron chi connectivity index (χ1n) is 6.99. The monoisotopic (exact) mass is 280 g/mol. The second-order valence-corrected chi connectivity index (χ2v) is 5.30. The van der Waals surface area contributed by atoms with E-state index < -0.39 is 0 Å². The highest BCUT2D eigenvalue weighted by Crippen LogP contribution is 2.29. The van der Waals surface area contributed by atoms with Crippen molar-refractivity contribution in [3.8, 4) is 11.8 Å². The average Bonchev–Trinajstić information content (AvgIpc) is 2.48. The van der Waals surface area contributed by atoms with E-state index in [-0.39, 0.29) is 6.10 Å². The van der Waals surface area contributed by atoms with Crippen LogP contribution in [0.15, 0.2) is 36.4 Å². The zero-order valence-corrected chi connectivity index (χ0v) is 12.7. The molecule has 2 aromatic carbocycles. The number of aryl methyl sites for hydroxylation is 3. The normalized spacial score (nSPS) is 11.8. The Balaban J connectivity index is 2.31. The highest BCUT2D eigenvalue weighted by molar-refractivity contribution is 5.47. The van der Waals surface area contributed by atoms with E-state index in [2.05, 4.69) is 25.1 Å². The summed E-state index contributed by atoms with van der Waals surface area (Å²) >= 11 is 0. The van der Waals surface area contributed by atoms with E-state index in [0.29, 0.717) is 12.1 Å². The lowest BCUT2D eigenvalue weighted by molar-refractivity contribution is 0.211. The number of rotatable bonds is 4. The van der Waals surface area contributed by atoms with Crippen LogP contribution in [0.2, 0.25) is 0 Å². The van der Waals surface area contributed by atoms with Crippen molar-refractivity contribution in [1.82, 2.24) is 0 Å². The number of hydrogen-bond acceptors (Lipinski definition) is 3. The standard InChI is InChI=1S/C18H20N2O/c1-12-4-6-16(7-5-12)17(11-20)21-18-13(2)8-15(10-19)9-14(18)3/h4-9,17H,11,20H2,1-3H3. The Morgan fingerprint density at radius 3 is 2.14 bits per heavy atom. The minimum absolute atomic E-state index is 0.184. The van der Waals surface area contributed by atoms with Gasteiger partial charge in [0.1, 0.15) is 11.9 Å². The molecule has 0 heterocycles. The summed E-state index contributed by atoms with van der Waals surface area (Å²) in [6, 6.07) is 14.0. The molecular formula is C18H20N2O. The molecule has 0 radical (unpaired) electrons. The summed E-state index contributed by atoms with van der Waals surface area (Å²) in [4.78, 5) is 0. The van der Waals surface area contributed by atoms with Crippen LogP contribution in [0, 0.1) is 32.1 Å². The highest BCUT2D eigenvalue weighted by Gasteiger charge is 2.15. The van der Waals surface area contributed by atoms with Crippen molar-refractivity contribution in [2.45, 2.75) is 26.9 Å². The molecule has 108 valence electrons. The van der Waals surface area contributed by atoms with Crippen LogP contribution in [0.3, 0.4) is 0 Å². The number of hydrogen-bond donors (Lipinski definition) is 1. The maximum atomic E-state index is 9.00. The van der Waals surface area contributed by atoms with Gasteiger partial charge in [0, 0.05) is 6.54 Å². The molecular weight excluding hydrogens is 260 g/mol. The second kappa shape index (κ2) is 6.43. The van der Waals surface area contributed by atoms with Gasteiger partial charge in [-0.1, -0.05) is 29.8 Å². The maximum absolute atomic E-state index is 9.00. The topological polar surface area (TPSA) is 59.0 Å². The number of benzene rings is 2. The van der Waals surface area contributed by atoms with Gasteiger partial charge in [-0.3, -0.25) is 0 Å². The Morgan fingerprint density at radius 2 is 1.67 bits per heavy atom. The third-order valence-electron chi connectivity index (χ3n) is 3.51. The Bertz CT molecular complexity index is 646. The summed E-state index contributed by atoms with van der Waals surface area (Å²) in [5, 5.41) is 9.00. The van der Waals surface area contributed by atoms with Crippen molar-refractivity contribution in [2.24, 2.45) is 5.73 Å². The molecule has 21 heavy (non-hydrogen) atoms. The zero-order chi connectivity index (χ0) is 15.4. The van der Waals surface area contributed by atoms with Crippen LogP contribution in [0.5, 0.6) is 5.75 Å². The zero-order valence-electron chi connectivity index (χ0n) is 12.7. The Morgan fingerprint density at radius 1 is 1.10 bits per heavy atom. The molecule has 0 aliphatic carbocycles. The maximum Gasteiger partial charge on any atom is 0.136 e. The summed E-state index contributed by atoms with van der Waals surface area (Å²) in [7, 11) is 0. The van der Waals surface area contributed by atoms with Gasteiger partial charge in [0.2, 0.25) is 0 Å². The van der Waals surface area contributed by atoms with Crippen LogP contribution in [-0.4, -0.2) is 6.54 Å². The fraction of sp³-hybridized carbons (Fsp3) is 0.278. The molecule has 0 aliphatic rings. The molecule has 0 spiro atoms. The predicted molar refractivity (Wildman–Crippen MR) is 84.2 cm³/mol. The van der Waals surface area contributed by atoms with Gasteiger partial charge in [-0.25, -0.2) is 0 Å². The van der Waals surface area contributed by atoms with Gasteiger partial charge in [-0.2, -0.15) is 5.26 Å². The van der Waals surface area contributed by atoms with E-state index in [0.717, 1.165) is 22.4 Å². The molecule has 0 fully saturated rings. The smallest absolute Gasteiger partial charge is 0.136 e. The summed E-state index contributed by atoms with van der Waals surface area (Å²) in [5.74, 6) is 0.810. The molecule has 1 atom stereocenters. The third kappa shape index (κ3) is 3.42. The van der Waals surface area contributed by atoms with Gasteiger partial charge in [0.15, 0.2) is 0 Å². The fourth-order valence-electron chi connectivity index (χ4n) is 2.38. The van der Waals surface area contributed by atoms with Crippen LogP contribution < -0.4 is 10.5 Å². The van der Waals surface area contributed by atoms with Crippen molar-refractivity contribution >= 4 is 0 Å². The van der Waals surface area contributed by atoms with Gasteiger partial charge < -0.3 is 10.5 Å². The predicted octanol–water partition coefficient (Wildman–Crippen LogP) is 3.56. The van der Waals surface area contributed by atoms with Crippen molar-refractivity contribution in [3.63, 3.8) is 0 Å². The minimum Gasteiger partial charge on any atom is -0.484 e. The molecule has 3 heteroatoms. The number of ether oxygens (including phenoxy) is 1. The Hall–Kier alpha value is -2.31. The van der Waals surface area contributed by atoms with E-state index in [9.17, 15) is 0 Å². The van der Waals surface area contributed by atoms with Crippen molar-refractivity contribution in [3.05, 3.63) is 64.2 Å². The molecule has 0 aromatic heterocycles. The molecule has 2 N–H and O–H groups in total. The average molecular weight is 280 g/mol. The summed E-state index contributed by atoms with van der Waals surface area (Å²) in [6.07, 6.45) is -0.184. The van der Waals surface area contributed by atoms with Crippen molar-refractivity contribution in [2.75, 3.05) is 6.54 Å². The molecule has 0 amide bonds. The lowest BCUT2D eigenvalue weighted by Gasteiger charge is -2.21. The van der Waals surface area contributed by atoms with Gasteiger partial charge in [0.05, 0.1) is 11.6 Å². The molecule has 0 bridgehead atoms. The van der Waals surface area contributed by atoms with E-state index >= 15 is 0 Å². The summed E-state index contributed by atoms with van der Waals surface area (Å²) in [5.41, 5.74) is 10.7. The van der Waals surface area contributed by atoms with E-state index in [1.807, 2.05) is 38.1 Å². The van der Waals surface area contributed by atoms with Gasteiger partial charge in [-0.15, -0.1) is 0 Å². The minimum atomic E-state index is -0.184. The van der Waals surface area contributed by atoms with E-state index in [1.54, 1.807) is 0 Å². The van der Waals surface area contributed by atoms with Crippen LogP contribution >= 0.6 is 0 Å². The van der Waals surface area contributed by atoms with Gasteiger partial charge >= 0.3 is 0 Å². The largest absolute Gasteiger partial charge is 0.484 e.